The molecular formula is C17H21LiO. The Bertz CT molecular complexity index is 456. The summed E-state index contributed by atoms with van der Waals surface area (Å²) in [7, 11) is 0. The second kappa shape index (κ2) is 8.86. The Hall–Kier alpha value is -1.16. The van der Waals surface area contributed by atoms with Crippen molar-refractivity contribution in [2.24, 2.45) is 0 Å². The maximum Gasteiger partial charge on any atom is 1.00 e. The van der Waals surface area contributed by atoms with Crippen molar-refractivity contribution in [3.63, 3.8) is 0 Å². The third-order valence-electron chi connectivity index (χ3n) is 2.98. The number of hydrogen-bond acceptors (Lipinski definition) is 1. The Balaban J connectivity index is 0.00000180. The van der Waals surface area contributed by atoms with E-state index in [1.54, 1.807) is 0 Å². The minimum atomic E-state index is 0. The first-order chi connectivity index (χ1) is 8.90. The van der Waals surface area contributed by atoms with Gasteiger partial charge in [-0.3, -0.25) is 0 Å². The summed E-state index contributed by atoms with van der Waals surface area (Å²) >= 11 is 0. The summed E-state index contributed by atoms with van der Waals surface area (Å²) in [6, 6.07) is 18.7. The first kappa shape index (κ1) is 15.9. The second-order valence-electron chi connectivity index (χ2n) is 4.45. The average molecular weight is 248 g/mol. The fourth-order valence-electron chi connectivity index (χ4n) is 1.92. The van der Waals surface area contributed by atoms with Crippen molar-refractivity contribution in [3.05, 3.63) is 54.6 Å². The van der Waals surface area contributed by atoms with Crippen LogP contribution in [0.25, 0.3) is 11.1 Å². The molecular weight excluding hydrogens is 227 g/mol. The van der Waals surface area contributed by atoms with Crippen molar-refractivity contribution < 1.29 is 25.0 Å². The van der Waals surface area contributed by atoms with Gasteiger partial charge in [-0.1, -0.05) is 62.2 Å². The summed E-state index contributed by atoms with van der Waals surface area (Å²) in [5.41, 5.74) is 2.48. The summed E-state index contributed by atoms with van der Waals surface area (Å²) in [5, 5.41) is 0. The number of ether oxygens (including phenoxy) is 1. The van der Waals surface area contributed by atoms with Crippen LogP contribution in [-0.2, 0) is 0 Å². The van der Waals surface area contributed by atoms with E-state index < -0.39 is 0 Å². The first-order valence-electron chi connectivity index (χ1n) is 6.68. The quantitative estimate of drug-likeness (QED) is 0.561. The SMILES string of the molecule is CCCCCOc1ccc(-c2ccccc2)cc1.[H-].[Li+]. The molecule has 0 N–H and O–H groups in total. The molecule has 0 unspecified atom stereocenters. The molecule has 0 bridgehead atoms. The molecule has 96 valence electrons. The van der Waals surface area contributed by atoms with Gasteiger partial charge in [0.05, 0.1) is 6.61 Å². The molecule has 0 aliphatic heterocycles. The molecule has 19 heavy (non-hydrogen) atoms. The van der Waals surface area contributed by atoms with Gasteiger partial charge in [-0.15, -0.1) is 0 Å². The Labute approximate surface area is 129 Å². The fourth-order valence-corrected chi connectivity index (χ4v) is 1.92. The van der Waals surface area contributed by atoms with Crippen LogP contribution in [0.3, 0.4) is 0 Å². The minimum Gasteiger partial charge on any atom is -1.00 e. The molecule has 2 aromatic carbocycles. The van der Waals surface area contributed by atoms with E-state index in [0.717, 1.165) is 18.8 Å². The number of hydrogen-bond donors (Lipinski definition) is 0. The normalized spacial score (nSPS) is 9.74. The molecule has 0 spiro atoms. The Morgan fingerprint density at radius 3 is 2.11 bits per heavy atom. The first-order valence-corrected chi connectivity index (χ1v) is 6.68. The van der Waals surface area contributed by atoms with E-state index in [9.17, 15) is 0 Å². The zero-order valence-corrected chi connectivity index (χ0v) is 11.9. The van der Waals surface area contributed by atoms with Crippen molar-refractivity contribution >= 4 is 0 Å². The van der Waals surface area contributed by atoms with Crippen molar-refractivity contribution in [3.8, 4) is 16.9 Å². The van der Waals surface area contributed by atoms with Gasteiger partial charge in [0.1, 0.15) is 5.75 Å². The van der Waals surface area contributed by atoms with Crippen LogP contribution in [0.15, 0.2) is 54.6 Å². The molecule has 0 heterocycles. The van der Waals surface area contributed by atoms with Gasteiger partial charge in [0.15, 0.2) is 0 Å². The van der Waals surface area contributed by atoms with E-state index in [0.29, 0.717) is 0 Å². The maximum absolute atomic E-state index is 5.70. The monoisotopic (exact) mass is 248 g/mol. The molecule has 0 saturated heterocycles. The molecule has 0 atom stereocenters. The molecule has 0 aromatic heterocycles. The molecule has 0 amide bonds. The standard InChI is InChI=1S/C17H20O.Li.H/c1-2-3-7-14-18-17-12-10-16(11-13-17)15-8-5-4-6-9-15;;/h4-6,8-13H,2-3,7,14H2,1H3;;/q;+1;-1. The summed E-state index contributed by atoms with van der Waals surface area (Å²) in [5.74, 6) is 0.964. The van der Waals surface area contributed by atoms with Gasteiger partial charge in [-0.2, -0.15) is 0 Å². The molecule has 2 heteroatoms. The van der Waals surface area contributed by atoms with E-state index in [2.05, 4.69) is 43.3 Å². The van der Waals surface area contributed by atoms with Gasteiger partial charge >= 0.3 is 18.9 Å². The van der Waals surface area contributed by atoms with Crippen LogP contribution in [0.5, 0.6) is 5.75 Å². The van der Waals surface area contributed by atoms with Crippen LogP contribution < -0.4 is 23.6 Å². The van der Waals surface area contributed by atoms with E-state index in [1.807, 2.05) is 18.2 Å². The Morgan fingerprint density at radius 1 is 0.842 bits per heavy atom. The van der Waals surface area contributed by atoms with Crippen LogP contribution >= 0.6 is 0 Å². The van der Waals surface area contributed by atoms with Gasteiger partial charge in [0.25, 0.3) is 0 Å². The summed E-state index contributed by atoms with van der Waals surface area (Å²) in [6.45, 7) is 3.02. The predicted octanol–water partition coefficient (Wildman–Crippen LogP) is 2.04. The molecule has 0 aliphatic carbocycles. The molecule has 1 nitrogen and oxygen atoms in total. The molecule has 0 saturated carbocycles. The van der Waals surface area contributed by atoms with Crippen molar-refractivity contribution in [1.82, 2.24) is 0 Å². The smallest absolute Gasteiger partial charge is 1.00 e. The van der Waals surface area contributed by atoms with Crippen LogP contribution in [0, 0.1) is 0 Å². The summed E-state index contributed by atoms with van der Waals surface area (Å²) in [6.07, 6.45) is 3.61. The molecule has 2 aromatic rings. The topological polar surface area (TPSA) is 9.23 Å². The minimum absolute atomic E-state index is 0. The second-order valence-corrected chi connectivity index (χ2v) is 4.45. The van der Waals surface area contributed by atoms with Gasteiger partial charge in [0, 0.05) is 0 Å². The Kier molecular flexibility index (Phi) is 7.41. The third kappa shape index (κ3) is 5.15. The predicted molar refractivity (Wildman–Crippen MR) is 78.0 cm³/mol. The third-order valence-corrected chi connectivity index (χ3v) is 2.98. The number of benzene rings is 2. The van der Waals surface area contributed by atoms with Gasteiger partial charge in [-0.05, 0) is 29.7 Å². The van der Waals surface area contributed by atoms with Gasteiger partial charge < -0.3 is 6.16 Å². The Morgan fingerprint density at radius 2 is 1.47 bits per heavy atom. The summed E-state index contributed by atoms with van der Waals surface area (Å²) < 4.78 is 5.70. The van der Waals surface area contributed by atoms with Crippen molar-refractivity contribution in [2.45, 2.75) is 26.2 Å². The number of rotatable bonds is 6. The van der Waals surface area contributed by atoms with Crippen LogP contribution in [0.4, 0.5) is 0 Å². The van der Waals surface area contributed by atoms with Crippen molar-refractivity contribution in [1.29, 1.82) is 0 Å². The molecule has 0 radical (unpaired) electrons. The van der Waals surface area contributed by atoms with E-state index in [1.165, 1.54) is 24.0 Å². The average Bonchev–Trinajstić information content (AvgIpc) is 2.45. The number of unbranched alkanes of at least 4 members (excludes halogenated alkanes) is 2. The van der Waals surface area contributed by atoms with Crippen molar-refractivity contribution in [2.75, 3.05) is 6.61 Å². The molecule has 0 aliphatic rings. The molecule has 0 fully saturated rings. The van der Waals surface area contributed by atoms with E-state index in [-0.39, 0.29) is 20.3 Å². The summed E-state index contributed by atoms with van der Waals surface area (Å²) in [4.78, 5) is 0. The molecule has 2 rings (SSSR count). The zero-order valence-electron chi connectivity index (χ0n) is 12.9. The maximum atomic E-state index is 5.70. The largest absolute Gasteiger partial charge is 1.00 e. The zero-order chi connectivity index (χ0) is 12.6. The van der Waals surface area contributed by atoms with Crippen LogP contribution in [0.1, 0.15) is 27.6 Å². The van der Waals surface area contributed by atoms with Crippen LogP contribution in [0.2, 0.25) is 0 Å². The van der Waals surface area contributed by atoms with Crippen LogP contribution in [-0.4, -0.2) is 6.61 Å². The van der Waals surface area contributed by atoms with E-state index in [4.69, 9.17) is 4.74 Å². The van der Waals surface area contributed by atoms with Gasteiger partial charge in [0.2, 0.25) is 0 Å². The van der Waals surface area contributed by atoms with Gasteiger partial charge in [-0.25, -0.2) is 0 Å². The van der Waals surface area contributed by atoms with E-state index >= 15 is 0 Å². The fraction of sp³-hybridized carbons (Fsp3) is 0.294.